The lowest BCUT2D eigenvalue weighted by Gasteiger charge is -2.35. The zero-order chi connectivity index (χ0) is 15.3. The zero-order valence-corrected chi connectivity index (χ0v) is 12.1. The first-order valence-corrected chi connectivity index (χ1v) is 7.62. The fraction of sp³-hybridized carbons (Fsp3) is 0.471. The standard InChI is InChI=1S/C17H20N2O2/c1-19-11-6-7-12(19)9-13(8-11)21-17(20)15-10-18-16-5-3-2-4-14(15)16/h2-5,10-13,18H,6-9H2,1H3/t11-,12?,13?/m1/s1/i2D. The number of nitrogens with one attached hydrogen (secondary N) is 1. The van der Waals surface area contributed by atoms with Crippen LogP contribution in [0, 0.1) is 0 Å². The van der Waals surface area contributed by atoms with Crippen molar-refractivity contribution in [1.82, 2.24) is 9.88 Å². The molecule has 4 heteroatoms. The molecule has 110 valence electrons. The number of hydrogen-bond donors (Lipinski definition) is 1. The Morgan fingerprint density at radius 3 is 2.90 bits per heavy atom. The van der Waals surface area contributed by atoms with E-state index in [9.17, 15) is 4.79 Å². The monoisotopic (exact) mass is 285 g/mol. The molecular formula is C17H20N2O2. The average Bonchev–Trinajstić information content (AvgIpc) is 2.97. The van der Waals surface area contributed by atoms with Crippen LogP contribution in [-0.4, -0.2) is 41.1 Å². The normalized spacial score (nSPS) is 29.6. The van der Waals surface area contributed by atoms with Crippen LogP contribution in [0.5, 0.6) is 0 Å². The Labute approximate surface area is 125 Å². The molecule has 2 fully saturated rings. The molecule has 4 rings (SSSR count). The summed E-state index contributed by atoms with van der Waals surface area (Å²) < 4.78 is 13.5. The Morgan fingerprint density at radius 2 is 2.14 bits per heavy atom. The number of rotatable bonds is 2. The Hall–Kier alpha value is -1.81. The van der Waals surface area contributed by atoms with Gasteiger partial charge in [0.15, 0.2) is 0 Å². The number of esters is 1. The summed E-state index contributed by atoms with van der Waals surface area (Å²) in [7, 11) is 2.18. The fourth-order valence-electron chi connectivity index (χ4n) is 3.85. The first-order valence-electron chi connectivity index (χ1n) is 8.12. The lowest BCUT2D eigenvalue weighted by molar-refractivity contribution is -0.000258. The molecule has 4 nitrogen and oxygen atoms in total. The third-order valence-electron chi connectivity index (χ3n) is 5.07. The molecule has 21 heavy (non-hydrogen) atoms. The number of aromatic nitrogens is 1. The van der Waals surface area contributed by atoms with Gasteiger partial charge in [0.25, 0.3) is 0 Å². The minimum Gasteiger partial charge on any atom is -0.459 e. The smallest absolute Gasteiger partial charge is 0.340 e. The van der Waals surface area contributed by atoms with Crippen molar-refractivity contribution in [3.8, 4) is 0 Å². The van der Waals surface area contributed by atoms with Gasteiger partial charge in [-0.1, -0.05) is 18.2 Å². The van der Waals surface area contributed by atoms with Crippen molar-refractivity contribution < 1.29 is 10.9 Å². The largest absolute Gasteiger partial charge is 0.459 e. The number of ether oxygens (including phenoxy) is 1. The van der Waals surface area contributed by atoms with E-state index < -0.39 is 0 Å². The topological polar surface area (TPSA) is 45.3 Å². The van der Waals surface area contributed by atoms with E-state index in [1.54, 1.807) is 18.3 Å². The highest BCUT2D eigenvalue weighted by Gasteiger charge is 2.40. The summed E-state index contributed by atoms with van der Waals surface area (Å²) in [5.41, 5.74) is 1.40. The first-order chi connectivity index (χ1) is 10.6. The highest BCUT2D eigenvalue weighted by Crippen LogP contribution is 2.35. The molecule has 2 bridgehead atoms. The van der Waals surface area contributed by atoms with Gasteiger partial charge in [-0.25, -0.2) is 4.79 Å². The summed E-state index contributed by atoms with van der Waals surface area (Å²) in [6.07, 6.45) is 6.01. The average molecular weight is 285 g/mol. The van der Waals surface area contributed by atoms with Crippen LogP contribution in [-0.2, 0) is 4.74 Å². The number of benzene rings is 1. The molecule has 2 saturated heterocycles. The number of para-hydroxylation sites is 1. The van der Waals surface area contributed by atoms with Crippen molar-refractivity contribution in [2.75, 3.05) is 7.05 Å². The third kappa shape index (κ3) is 2.14. The summed E-state index contributed by atoms with van der Waals surface area (Å²) in [5, 5.41) is 0.772. The van der Waals surface area contributed by atoms with E-state index in [-0.39, 0.29) is 12.1 Å². The third-order valence-corrected chi connectivity index (χ3v) is 5.07. The van der Waals surface area contributed by atoms with Crippen molar-refractivity contribution in [1.29, 1.82) is 0 Å². The van der Waals surface area contributed by atoms with Crippen LogP contribution >= 0.6 is 0 Å². The van der Waals surface area contributed by atoms with Gasteiger partial charge >= 0.3 is 5.97 Å². The van der Waals surface area contributed by atoms with Crippen LogP contribution in [0.3, 0.4) is 0 Å². The molecule has 0 amide bonds. The second kappa shape index (κ2) is 4.88. The molecule has 0 radical (unpaired) electrons. The molecule has 0 saturated carbocycles. The van der Waals surface area contributed by atoms with Gasteiger partial charge in [-0.2, -0.15) is 0 Å². The molecule has 1 N–H and O–H groups in total. The zero-order valence-electron chi connectivity index (χ0n) is 13.1. The molecule has 1 aromatic carbocycles. The number of piperidine rings is 1. The van der Waals surface area contributed by atoms with Crippen LogP contribution in [0.4, 0.5) is 0 Å². The molecule has 2 aromatic rings. The Morgan fingerprint density at radius 1 is 1.38 bits per heavy atom. The Kier molecular flexibility index (Phi) is 2.74. The highest BCUT2D eigenvalue weighted by molar-refractivity contribution is 6.04. The predicted octanol–water partition coefficient (Wildman–Crippen LogP) is 2.95. The van der Waals surface area contributed by atoms with Crippen LogP contribution in [0.15, 0.2) is 30.4 Å². The van der Waals surface area contributed by atoms with Crippen molar-refractivity contribution in [3.05, 3.63) is 36.0 Å². The summed E-state index contributed by atoms with van der Waals surface area (Å²) in [6, 6.07) is 6.75. The molecule has 1 aromatic heterocycles. The van der Waals surface area contributed by atoms with Gasteiger partial charge < -0.3 is 14.6 Å². The van der Waals surface area contributed by atoms with Crippen molar-refractivity contribution in [2.24, 2.45) is 0 Å². The number of nitrogens with zero attached hydrogens (tertiary/aromatic N) is 1. The quantitative estimate of drug-likeness (QED) is 0.863. The Balaban J connectivity index is 1.53. The number of aromatic amines is 1. The van der Waals surface area contributed by atoms with E-state index in [1.165, 1.54) is 12.8 Å². The Bertz CT molecular complexity index is 713. The number of carbonyl (C=O) groups is 1. The lowest BCUT2D eigenvalue weighted by atomic mass is 10.0. The van der Waals surface area contributed by atoms with Crippen LogP contribution in [0.2, 0.25) is 0 Å². The first kappa shape index (κ1) is 11.8. The molecular weight excluding hydrogens is 264 g/mol. The fourth-order valence-corrected chi connectivity index (χ4v) is 3.85. The molecule has 3 atom stereocenters. The second-order valence-corrected chi connectivity index (χ2v) is 6.22. The van der Waals surface area contributed by atoms with Crippen molar-refractivity contribution >= 4 is 16.9 Å². The molecule has 2 aliphatic heterocycles. The van der Waals surface area contributed by atoms with Crippen molar-refractivity contribution in [3.63, 3.8) is 0 Å². The van der Waals surface area contributed by atoms with E-state index in [0.717, 1.165) is 23.7 Å². The maximum atomic E-state index is 12.5. The van der Waals surface area contributed by atoms with E-state index in [4.69, 9.17) is 6.11 Å². The highest BCUT2D eigenvalue weighted by atomic mass is 16.5. The number of fused-ring (bicyclic) bond motifs is 3. The van der Waals surface area contributed by atoms with Gasteiger partial charge in [-0.15, -0.1) is 0 Å². The van der Waals surface area contributed by atoms with Crippen LogP contribution < -0.4 is 0 Å². The second-order valence-electron chi connectivity index (χ2n) is 6.22. The van der Waals surface area contributed by atoms with Gasteiger partial charge in [-0.3, -0.25) is 0 Å². The number of carbonyl (C=O) groups excluding carboxylic acids is 1. The molecule has 3 heterocycles. The minimum absolute atomic E-state index is 0.0188. The molecule has 0 spiro atoms. The predicted molar refractivity (Wildman–Crippen MR) is 81.3 cm³/mol. The van der Waals surface area contributed by atoms with Gasteiger partial charge in [-0.05, 0) is 26.0 Å². The van der Waals surface area contributed by atoms with E-state index in [2.05, 4.69) is 16.9 Å². The molecule has 2 aliphatic rings. The molecule has 0 aliphatic carbocycles. The van der Waals surface area contributed by atoms with E-state index in [0.29, 0.717) is 23.7 Å². The van der Waals surface area contributed by atoms with Gasteiger partial charge in [0.05, 0.1) is 6.93 Å². The number of hydrogen-bond acceptors (Lipinski definition) is 3. The van der Waals surface area contributed by atoms with Gasteiger partial charge in [0.2, 0.25) is 0 Å². The lowest BCUT2D eigenvalue weighted by Crippen LogP contribution is -2.43. The maximum Gasteiger partial charge on any atom is 0.340 e. The SMILES string of the molecule is [2H]c1ccc2[nH]cc(C(=O)OC3CC4CC[C@H](C3)N4C)c2c1. The summed E-state index contributed by atoms with van der Waals surface area (Å²) in [5.74, 6) is -0.272. The van der Waals surface area contributed by atoms with Crippen molar-refractivity contribution in [2.45, 2.75) is 43.9 Å². The maximum absolute atomic E-state index is 12.5. The van der Waals surface area contributed by atoms with Gasteiger partial charge in [0, 0.05) is 42.0 Å². The minimum atomic E-state index is -0.272. The van der Waals surface area contributed by atoms with E-state index in [1.807, 2.05) is 6.07 Å². The van der Waals surface area contributed by atoms with Gasteiger partial charge in [0.1, 0.15) is 6.10 Å². The summed E-state index contributed by atoms with van der Waals surface area (Å²) in [4.78, 5) is 18.0. The van der Waals surface area contributed by atoms with E-state index >= 15 is 0 Å². The summed E-state index contributed by atoms with van der Waals surface area (Å²) >= 11 is 0. The number of H-pyrrole nitrogens is 1. The van der Waals surface area contributed by atoms with Crippen LogP contribution in [0.1, 0.15) is 37.4 Å². The summed E-state index contributed by atoms with van der Waals surface area (Å²) in [6.45, 7) is 0. The van der Waals surface area contributed by atoms with Crippen LogP contribution in [0.25, 0.3) is 10.9 Å². The molecule has 2 unspecified atom stereocenters.